The third-order valence-corrected chi connectivity index (χ3v) is 2.36. The van der Waals surface area contributed by atoms with E-state index in [2.05, 4.69) is 10.6 Å². The predicted molar refractivity (Wildman–Crippen MR) is 52.6 cm³/mol. The highest BCUT2D eigenvalue weighted by Gasteiger charge is 2.33. The molecule has 1 heterocycles. The summed E-state index contributed by atoms with van der Waals surface area (Å²) in [7, 11) is 0. The van der Waals surface area contributed by atoms with Gasteiger partial charge in [0.2, 0.25) is 17.7 Å². The van der Waals surface area contributed by atoms with Crippen LogP contribution in [-0.4, -0.2) is 29.3 Å². The molecule has 3 amide bonds. The van der Waals surface area contributed by atoms with Gasteiger partial charge in [-0.15, -0.1) is 0 Å². The lowest BCUT2D eigenvalue weighted by Gasteiger charge is -2.24. The van der Waals surface area contributed by atoms with E-state index in [-0.39, 0.29) is 11.8 Å². The smallest absolute Gasteiger partial charge is 0.243 e. The van der Waals surface area contributed by atoms with Crippen molar-refractivity contribution in [1.29, 1.82) is 0 Å². The van der Waals surface area contributed by atoms with Crippen LogP contribution in [0.15, 0.2) is 0 Å². The number of rotatable bonds is 3. The van der Waals surface area contributed by atoms with E-state index >= 15 is 0 Å². The van der Waals surface area contributed by atoms with Crippen LogP contribution < -0.4 is 16.4 Å². The Morgan fingerprint density at radius 1 is 1.53 bits per heavy atom. The van der Waals surface area contributed by atoms with Gasteiger partial charge >= 0.3 is 0 Å². The van der Waals surface area contributed by atoms with Gasteiger partial charge in [0.15, 0.2) is 0 Å². The van der Waals surface area contributed by atoms with Crippen LogP contribution >= 0.6 is 0 Å². The predicted octanol–water partition coefficient (Wildman–Crippen LogP) is -1.35. The first-order valence-corrected chi connectivity index (χ1v) is 4.74. The number of nitrogens with one attached hydrogen (secondary N) is 2. The van der Waals surface area contributed by atoms with Crippen molar-refractivity contribution in [2.45, 2.75) is 38.3 Å². The number of hydrogen-bond acceptors (Lipinski definition) is 3. The Bertz CT molecular complexity index is 312. The summed E-state index contributed by atoms with van der Waals surface area (Å²) in [6.07, 6.45) is 0.800. The first-order valence-electron chi connectivity index (χ1n) is 4.74. The summed E-state index contributed by atoms with van der Waals surface area (Å²) in [6.45, 7) is 3.04. The van der Waals surface area contributed by atoms with Crippen molar-refractivity contribution >= 4 is 17.7 Å². The van der Waals surface area contributed by atoms with Gasteiger partial charge in [-0.2, -0.15) is 0 Å². The maximum atomic E-state index is 11.6. The second kappa shape index (κ2) is 3.88. The third kappa shape index (κ3) is 2.68. The Labute approximate surface area is 87.6 Å². The van der Waals surface area contributed by atoms with Crippen LogP contribution in [0.4, 0.5) is 0 Å². The van der Waals surface area contributed by atoms with Crippen molar-refractivity contribution in [2.75, 3.05) is 0 Å². The summed E-state index contributed by atoms with van der Waals surface area (Å²) in [5.41, 5.74) is 4.01. The molecule has 0 aromatic rings. The highest BCUT2D eigenvalue weighted by atomic mass is 16.2. The molecule has 6 heteroatoms. The number of carbonyl (C=O) groups is 3. The monoisotopic (exact) mass is 213 g/mol. The lowest BCUT2D eigenvalue weighted by molar-refractivity contribution is -0.131. The molecular weight excluding hydrogens is 198 g/mol. The number of amides is 3. The normalized spacial score (nSPS) is 20.9. The van der Waals surface area contributed by atoms with E-state index in [1.54, 1.807) is 0 Å². The van der Waals surface area contributed by atoms with E-state index in [0.29, 0.717) is 12.8 Å². The molecular formula is C9H15N3O3. The second-order valence-corrected chi connectivity index (χ2v) is 4.14. The van der Waals surface area contributed by atoms with Gasteiger partial charge < -0.3 is 16.4 Å². The Morgan fingerprint density at radius 2 is 2.13 bits per heavy atom. The topological polar surface area (TPSA) is 101 Å². The fourth-order valence-corrected chi connectivity index (χ4v) is 1.27. The van der Waals surface area contributed by atoms with Gasteiger partial charge in [0.25, 0.3) is 0 Å². The summed E-state index contributed by atoms with van der Waals surface area (Å²) in [5.74, 6) is -1.13. The molecule has 15 heavy (non-hydrogen) atoms. The minimum absolute atomic E-state index is 0.146. The average molecular weight is 213 g/mol. The summed E-state index contributed by atoms with van der Waals surface area (Å²) < 4.78 is 0. The molecule has 0 bridgehead atoms. The zero-order valence-electron chi connectivity index (χ0n) is 8.79. The first-order chi connectivity index (χ1) is 6.83. The van der Waals surface area contributed by atoms with E-state index in [4.69, 9.17) is 5.73 Å². The molecule has 1 aliphatic rings. The van der Waals surface area contributed by atoms with Gasteiger partial charge in [-0.1, -0.05) is 0 Å². The lowest BCUT2D eigenvalue weighted by atomic mass is 10.0. The fraction of sp³-hybridized carbons (Fsp3) is 0.667. The molecule has 84 valence electrons. The molecule has 1 fully saturated rings. The highest BCUT2D eigenvalue weighted by molar-refractivity contribution is 5.95. The molecule has 0 aromatic carbocycles. The van der Waals surface area contributed by atoms with Gasteiger partial charge in [0.1, 0.15) is 11.6 Å². The van der Waals surface area contributed by atoms with E-state index in [1.165, 1.54) is 13.8 Å². The molecule has 0 aromatic heterocycles. The SMILES string of the molecule is CC(C)(NC(=O)C1CCC(=O)N1)C(N)=O. The van der Waals surface area contributed by atoms with Crippen LogP contribution in [0.5, 0.6) is 0 Å². The Morgan fingerprint density at radius 3 is 2.53 bits per heavy atom. The van der Waals surface area contributed by atoms with E-state index in [9.17, 15) is 14.4 Å². The van der Waals surface area contributed by atoms with Crippen molar-refractivity contribution in [2.24, 2.45) is 5.73 Å². The minimum Gasteiger partial charge on any atom is -0.368 e. The van der Waals surface area contributed by atoms with E-state index in [1.807, 2.05) is 0 Å². The van der Waals surface area contributed by atoms with Gasteiger partial charge in [-0.3, -0.25) is 14.4 Å². The fourth-order valence-electron chi connectivity index (χ4n) is 1.27. The molecule has 0 spiro atoms. The summed E-state index contributed by atoms with van der Waals surface area (Å²) in [6, 6.07) is -0.545. The number of primary amides is 1. The summed E-state index contributed by atoms with van der Waals surface area (Å²) >= 11 is 0. The summed E-state index contributed by atoms with van der Waals surface area (Å²) in [4.78, 5) is 33.4. The van der Waals surface area contributed by atoms with Crippen LogP contribution in [0.3, 0.4) is 0 Å². The maximum absolute atomic E-state index is 11.6. The standard InChI is InChI=1S/C9H15N3O3/c1-9(2,8(10)15)12-7(14)5-3-4-6(13)11-5/h5H,3-4H2,1-2H3,(H2,10,15)(H,11,13)(H,12,14). The molecule has 1 aliphatic heterocycles. The molecule has 6 nitrogen and oxygen atoms in total. The lowest BCUT2D eigenvalue weighted by Crippen LogP contribution is -2.56. The van der Waals surface area contributed by atoms with Crippen molar-refractivity contribution < 1.29 is 14.4 Å². The van der Waals surface area contributed by atoms with Gasteiger partial charge in [0.05, 0.1) is 0 Å². The zero-order chi connectivity index (χ0) is 11.6. The minimum atomic E-state index is -1.09. The van der Waals surface area contributed by atoms with Crippen LogP contribution in [0, 0.1) is 0 Å². The van der Waals surface area contributed by atoms with Gasteiger partial charge in [-0.25, -0.2) is 0 Å². The average Bonchev–Trinajstić information content (AvgIpc) is 2.50. The zero-order valence-corrected chi connectivity index (χ0v) is 8.79. The number of hydrogen-bond donors (Lipinski definition) is 3. The van der Waals surface area contributed by atoms with E-state index < -0.39 is 17.5 Å². The van der Waals surface area contributed by atoms with Crippen LogP contribution in [-0.2, 0) is 14.4 Å². The molecule has 1 atom stereocenters. The molecule has 0 aliphatic carbocycles. The number of carbonyl (C=O) groups excluding carboxylic acids is 3. The van der Waals surface area contributed by atoms with E-state index in [0.717, 1.165) is 0 Å². The number of nitrogens with two attached hydrogens (primary N) is 1. The third-order valence-electron chi connectivity index (χ3n) is 2.36. The summed E-state index contributed by atoms with van der Waals surface area (Å²) in [5, 5.41) is 5.00. The molecule has 0 saturated carbocycles. The molecule has 1 rings (SSSR count). The van der Waals surface area contributed by atoms with Crippen LogP contribution in [0.25, 0.3) is 0 Å². The molecule has 0 radical (unpaired) electrons. The maximum Gasteiger partial charge on any atom is 0.243 e. The molecule has 1 saturated heterocycles. The quantitative estimate of drug-likeness (QED) is 0.540. The van der Waals surface area contributed by atoms with Gasteiger partial charge in [-0.05, 0) is 20.3 Å². The highest BCUT2D eigenvalue weighted by Crippen LogP contribution is 2.08. The second-order valence-electron chi connectivity index (χ2n) is 4.14. The Hall–Kier alpha value is -1.59. The Kier molecular flexibility index (Phi) is 2.97. The van der Waals surface area contributed by atoms with Gasteiger partial charge in [0, 0.05) is 6.42 Å². The molecule has 4 N–H and O–H groups in total. The largest absolute Gasteiger partial charge is 0.368 e. The Balaban J connectivity index is 2.56. The first kappa shape index (κ1) is 11.5. The van der Waals surface area contributed by atoms with Crippen LogP contribution in [0.2, 0.25) is 0 Å². The van der Waals surface area contributed by atoms with Crippen molar-refractivity contribution in [3.05, 3.63) is 0 Å². The molecule has 1 unspecified atom stereocenters. The van der Waals surface area contributed by atoms with Crippen LogP contribution in [0.1, 0.15) is 26.7 Å². The van der Waals surface area contributed by atoms with Crippen molar-refractivity contribution in [3.8, 4) is 0 Å². The van der Waals surface area contributed by atoms with Crippen molar-refractivity contribution in [3.63, 3.8) is 0 Å². The van der Waals surface area contributed by atoms with Crippen molar-refractivity contribution in [1.82, 2.24) is 10.6 Å².